The summed E-state index contributed by atoms with van der Waals surface area (Å²) in [7, 11) is 0. The fourth-order valence-electron chi connectivity index (χ4n) is 3.77. The van der Waals surface area contributed by atoms with Crippen LogP contribution >= 0.6 is 0 Å². The third-order valence-corrected chi connectivity index (χ3v) is 5.50. The first-order valence-electron chi connectivity index (χ1n) is 10.1. The molecule has 3 aromatic rings. The second-order valence-corrected chi connectivity index (χ2v) is 7.71. The molecule has 2 heterocycles. The molecule has 0 aliphatic carbocycles. The van der Waals surface area contributed by atoms with Crippen LogP contribution in [0.3, 0.4) is 0 Å². The molecular formula is C25H22N2O5. The van der Waals surface area contributed by atoms with Crippen molar-refractivity contribution in [1.82, 2.24) is 0 Å². The normalized spacial score (nSPS) is 17.6. The summed E-state index contributed by atoms with van der Waals surface area (Å²) in [4.78, 5) is 38.7. The number of hydrogen-bond donors (Lipinski definition) is 2. The number of ketones is 1. The van der Waals surface area contributed by atoms with Gasteiger partial charge in [-0.15, -0.1) is 0 Å². The molecule has 32 heavy (non-hydrogen) atoms. The molecule has 7 heteroatoms. The van der Waals surface area contributed by atoms with Crippen LogP contribution in [-0.4, -0.2) is 22.7 Å². The second-order valence-electron chi connectivity index (χ2n) is 7.71. The molecule has 0 saturated carbocycles. The third-order valence-electron chi connectivity index (χ3n) is 5.50. The van der Waals surface area contributed by atoms with Crippen LogP contribution in [0.2, 0.25) is 0 Å². The lowest BCUT2D eigenvalue weighted by Gasteiger charge is -2.23. The van der Waals surface area contributed by atoms with Crippen LogP contribution in [0.5, 0.6) is 0 Å². The van der Waals surface area contributed by atoms with E-state index in [0.717, 1.165) is 11.1 Å². The van der Waals surface area contributed by atoms with Crippen molar-refractivity contribution in [1.29, 1.82) is 0 Å². The quantitative estimate of drug-likeness (QED) is 0.361. The Morgan fingerprint density at radius 1 is 1.03 bits per heavy atom. The van der Waals surface area contributed by atoms with Gasteiger partial charge >= 0.3 is 0 Å². The number of nitrogens with one attached hydrogen (secondary N) is 1. The maximum atomic E-state index is 13.1. The molecule has 1 saturated heterocycles. The molecule has 1 aliphatic heterocycles. The molecule has 4 rings (SSSR count). The lowest BCUT2D eigenvalue weighted by Crippen LogP contribution is -2.29. The topological polar surface area (TPSA) is 99.9 Å². The largest absolute Gasteiger partial charge is 0.507 e. The molecular weight excluding hydrogens is 408 g/mol. The zero-order valence-electron chi connectivity index (χ0n) is 17.9. The number of benzene rings is 2. The van der Waals surface area contributed by atoms with Crippen LogP contribution < -0.4 is 10.2 Å². The summed E-state index contributed by atoms with van der Waals surface area (Å²) < 4.78 is 5.55. The summed E-state index contributed by atoms with van der Waals surface area (Å²) in [5, 5.41) is 13.8. The Bertz CT molecular complexity index is 1240. The van der Waals surface area contributed by atoms with E-state index < -0.39 is 17.7 Å². The van der Waals surface area contributed by atoms with Crippen LogP contribution in [0.1, 0.15) is 35.4 Å². The van der Waals surface area contributed by atoms with Gasteiger partial charge in [0, 0.05) is 23.9 Å². The molecule has 1 aliphatic rings. The predicted molar refractivity (Wildman–Crippen MR) is 120 cm³/mol. The van der Waals surface area contributed by atoms with Crippen molar-refractivity contribution in [2.24, 2.45) is 0 Å². The van der Waals surface area contributed by atoms with Gasteiger partial charge < -0.3 is 14.8 Å². The number of carbonyl (C=O) groups is 3. The minimum atomic E-state index is -0.932. The molecule has 0 radical (unpaired) electrons. The van der Waals surface area contributed by atoms with Crippen LogP contribution in [0.25, 0.3) is 5.76 Å². The van der Waals surface area contributed by atoms with Gasteiger partial charge in [-0.25, -0.2) is 0 Å². The molecule has 1 atom stereocenters. The molecule has 1 aromatic heterocycles. The molecule has 2 N–H and O–H groups in total. The van der Waals surface area contributed by atoms with E-state index in [-0.39, 0.29) is 17.2 Å². The van der Waals surface area contributed by atoms with Gasteiger partial charge in [0.15, 0.2) is 0 Å². The van der Waals surface area contributed by atoms with Gasteiger partial charge in [-0.1, -0.05) is 12.1 Å². The highest BCUT2D eigenvalue weighted by atomic mass is 16.3. The van der Waals surface area contributed by atoms with Crippen LogP contribution in [-0.2, 0) is 14.4 Å². The van der Waals surface area contributed by atoms with Gasteiger partial charge in [-0.05, 0) is 67.4 Å². The molecule has 7 nitrogen and oxygen atoms in total. The van der Waals surface area contributed by atoms with Crippen LogP contribution in [0, 0.1) is 13.8 Å². The minimum absolute atomic E-state index is 0.0425. The highest BCUT2D eigenvalue weighted by molar-refractivity contribution is 6.51. The second kappa shape index (κ2) is 8.19. The number of aliphatic hydroxyl groups is 1. The van der Waals surface area contributed by atoms with Gasteiger partial charge in [0.25, 0.3) is 11.7 Å². The van der Waals surface area contributed by atoms with E-state index in [2.05, 4.69) is 5.32 Å². The first-order chi connectivity index (χ1) is 15.3. The fourth-order valence-corrected chi connectivity index (χ4v) is 3.77. The number of nitrogens with zero attached hydrogens (tertiary/aromatic N) is 1. The van der Waals surface area contributed by atoms with Crippen molar-refractivity contribution in [3.8, 4) is 0 Å². The predicted octanol–water partition coefficient (Wildman–Crippen LogP) is 4.48. The molecule has 1 unspecified atom stereocenters. The SMILES string of the molecule is CC(=O)Nc1ccc(N2C(=O)C(=O)/C(=C(\O)c3ccc(C)c(C)c3)C2c2ccco2)cc1. The number of furan rings is 1. The number of aliphatic hydroxyl groups excluding tert-OH is 1. The van der Waals surface area contributed by atoms with Gasteiger partial charge in [-0.3, -0.25) is 19.3 Å². The Balaban J connectivity index is 1.85. The number of amides is 2. The number of anilines is 2. The number of Topliss-reactive ketones (excluding diaryl/α,β-unsaturated/α-hetero) is 1. The maximum absolute atomic E-state index is 13.1. The van der Waals surface area contributed by atoms with E-state index in [1.165, 1.54) is 18.1 Å². The zero-order chi connectivity index (χ0) is 23.0. The Kier molecular flexibility index (Phi) is 5.40. The maximum Gasteiger partial charge on any atom is 0.300 e. The fraction of sp³-hybridized carbons (Fsp3) is 0.160. The Morgan fingerprint density at radius 2 is 1.75 bits per heavy atom. The van der Waals surface area contributed by atoms with E-state index in [4.69, 9.17) is 4.42 Å². The Morgan fingerprint density at radius 3 is 2.34 bits per heavy atom. The van der Waals surface area contributed by atoms with E-state index in [9.17, 15) is 19.5 Å². The van der Waals surface area contributed by atoms with E-state index in [1.807, 2.05) is 19.9 Å². The van der Waals surface area contributed by atoms with E-state index >= 15 is 0 Å². The Hall–Kier alpha value is -4.13. The number of carbonyl (C=O) groups excluding carboxylic acids is 3. The first-order valence-corrected chi connectivity index (χ1v) is 10.1. The molecule has 0 spiro atoms. The standard InChI is InChI=1S/C25H22N2O5/c1-14-6-7-17(13-15(14)2)23(29)21-22(20-5-4-12-32-20)27(25(31)24(21)30)19-10-8-18(9-11-19)26-16(3)28/h4-13,22,29H,1-3H3,(H,26,28)/b23-21-. The highest BCUT2D eigenvalue weighted by Crippen LogP contribution is 2.42. The van der Waals surface area contributed by atoms with Gasteiger partial charge in [0.05, 0.1) is 11.8 Å². The molecule has 0 bridgehead atoms. The van der Waals surface area contributed by atoms with Gasteiger partial charge in [0.2, 0.25) is 5.91 Å². The minimum Gasteiger partial charge on any atom is -0.507 e. The summed E-state index contributed by atoms with van der Waals surface area (Å²) >= 11 is 0. The van der Waals surface area contributed by atoms with E-state index in [1.54, 1.807) is 48.5 Å². The van der Waals surface area contributed by atoms with Crippen molar-refractivity contribution >= 4 is 34.7 Å². The highest BCUT2D eigenvalue weighted by Gasteiger charge is 2.48. The third kappa shape index (κ3) is 3.69. The Labute approximate surface area is 185 Å². The lowest BCUT2D eigenvalue weighted by atomic mass is 9.97. The van der Waals surface area contributed by atoms with Gasteiger partial charge in [0.1, 0.15) is 17.6 Å². The average Bonchev–Trinajstić information content (AvgIpc) is 3.37. The molecule has 2 amide bonds. The van der Waals surface area contributed by atoms with E-state index in [0.29, 0.717) is 22.7 Å². The van der Waals surface area contributed by atoms with Crippen molar-refractivity contribution in [3.63, 3.8) is 0 Å². The first kappa shape index (κ1) is 21.1. The van der Waals surface area contributed by atoms with Crippen molar-refractivity contribution in [3.05, 3.63) is 88.9 Å². The summed E-state index contributed by atoms with van der Waals surface area (Å²) in [5.74, 6) is -1.70. The smallest absolute Gasteiger partial charge is 0.300 e. The zero-order valence-corrected chi connectivity index (χ0v) is 17.9. The molecule has 2 aromatic carbocycles. The molecule has 162 valence electrons. The summed E-state index contributed by atoms with van der Waals surface area (Å²) in [6, 6.07) is 14.3. The van der Waals surface area contributed by atoms with Gasteiger partial charge in [-0.2, -0.15) is 0 Å². The number of rotatable bonds is 4. The monoisotopic (exact) mass is 430 g/mol. The van der Waals surface area contributed by atoms with Crippen molar-refractivity contribution < 1.29 is 23.9 Å². The number of hydrogen-bond acceptors (Lipinski definition) is 5. The van der Waals surface area contributed by atoms with Crippen molar-refractivity contribution in [2.75, 3.05) is 10.2 Å². The summed E-state index contributed by atoms with van der Waals surface area (Å²) in [5.41, 5.74) is 3.39. The lowest BCUT2D eigenvalue weighted by molar-refractivity contribution is -0.132. The summed E-state index contributed by atoms with van der Waals surface area (Å²) in [6.45, 7) is 5.26. The van der Waals surface area contributed by atoms with Crippen LogP contribution in [0.15, 0.2) is 70.9 Å². The van der Waals surface area contributed by atoms with Crippen LogP contribution in [0.4, 0.5) is 11.4 Å². The number of aryl methyl sites for hydroxylation is 2. The summed E-state index contributed by atoms with van der Waals surface area (Å²) in [6.07, 6.45) is 1.45. The molecule has 1 fully saturated rings. The average molecular weight is 430 g/mol. The van der Waals surface area contributed by atoms with Crippen molar-refractivity contribution in [2.45, 2.75) is 26.8 Å².